The first-order chi connectivity index (χ1) is 9.40. The molecule has 0 amide bonds. The molecule has 2 aliphatic heterocycles. The van der Waals surface area contributed by atoms with Crippen molar-refractivity contribution in [1.29, 1.82) is 0 Å². The number of benzene rings is 1. The summed E-state index contributed by atoms with van der Waals surface area (Å²) >= 11 is 0. The molecule has 3 heteroatoms. The zero-order valence-corrected chi connectivity index (χ0v) is 11.8. The van der Waals surface area contributed by atoms with E-state index in [-0.39, 0.29) is 0 Å². The number of hydrogen-bond acceptors (Lipinski definition) is 3. The van der Waals surface area contributed by atoms with Crippen LogP contribution in [0.1, 0.15) is 42.9 Å². The molecule has 1 saturated heterocycles. The second kappa shape index (κ2) is 5.93. The summed E-state index contributed by atoms with van der Waals surface area (Å²) in [6.45, 7) is 4.47. The lowest BCUT2D eigenvalue weighted by Gasteiger charge is -2.36. The van der Waals surface area contributed by atoms with Crippen LogP contribution in [0, 0.1) is 0 Å². The minimum absolute atomic E-state index is 0.484. The van der Waals surface area contributed by atoms with E-state index in [4.69, 9.17) is 4.74 Å². The largest absolute Gasteiger partial charge is 0.496 e. The molecule has 104 valence electrons. The number of nitrogens with one attached hydrogen (secondary N) is 1. The van der Waals surface area contributed by atoms with E-state index in [0.717, 1.165) is 18.8 Å². The lowest BCUT2D eigenvalue weighted by molar-refractivity contribution is 0.188. The average Bonchev–Trinajstić information content (AvgIpc) is 2.75. The van der Waals surface area contributed by atoms with Crippen LogP contribution in [-0.2, 0) is 6.54 Å². The highest BCUT2D eigenvalue weighted by molar-refractivity contribution is 5.44. The SMILES string of the molecule is COc1cccc2c1[C@H](N1CCCCCC1)CNC2. The Labute approximate surface area is 115 Å². The maximum atomic E-state index is 5.61. The molecule has 1 N–H and O–H groups in total. The minimum atomic E-state index is 0.484. The van der Waals surface area contributed by atoms with Crippen molar-refractivity contribution < 1.29 is 4.74 Å². The minimum Gasteiger partial charge on any atom is -0.496 e. The average molecular weight is 260 g/mol. The van der Waals surface area contributed by atoms with Crippen LogP contribution in [0.15, 0.2) is 18.2 Å². The highest BCUT2D eigenvalue weighted by Crippen LogP contribution is 2.35. The van der Waals surface area contributed by atoms with Gasteiger partial charge < -0.3 is 10.1 Å². The summed E-state index contributed by atoms with van der Waals surface area (Å²) in [6.07, 6.45) is 5.44. The molecule has 0 aromatic heterocycles. The molecule has 0 aliphatic carbocycles. The fraction of sp³-hybridized carbons (Fsp3) is 0.625. The summed E-state index contributed by atoms with van der Waals surface area (Å²) in [6, 6.07) is 6.92. The lowest BCUT2D eigenvalue weighted by atomic mass is 9.94. The second-order valence-corrected chi connectivity index (χ2v) is 5.63. The molecule has 1 atom stereocenters. The van der Waals surface area contributed by atoms with E-state index < -0.39 is 0 Å². The third-order valence-electron chi connectivity index (χ3n) is 4.44. The molecule has 19 heavy (non-hydrogen) atoms. The van der Waals surface area contributed by atoms with Crippen LogP contribution in [0.3, 0.4) is 0 Å². The zero-order valence-electron chi connectivity index (χ0n) is 11.8. The second-order valence-electron chi connectivity index (χ2n) is 5.63. The summed E-state index contributed by atoms with van der Waals surface area (Å²) < 4.78 is 5.61. The van der Waals surface area contributed by atoms with E-state index in [9.17, 15) is 0 Å². The van der Waals surface area contributed by atoms with Gasteiger partial charge in [0.25, 0.3) is 0 Å². The molecule has 0 spiro atoms. The topological polar surface area (TPSA) is 24.5 Å². The molecule has 2 heterocycles. The lowest BCUT2D eigenvalue weighted by Crippen LogP contribution is -2.40. The van der Waals surface area contributed by atoms with E-state index in [1.54, 1.807) is 7.11 Å². The van der Waals surface area contributed by atoms with Crippen molar-refractivity contribution in [2.75, 3.05) is 26.7 Å². The first-order valence-corrected chi connectivity index (χ1v) is 7.50. The maximum absolute atomic E-state index is 5.61. The van der Waals surface area contributed by atoms with Crippen molar-refractivity contribution in [2.45, 2.75) is 38.3 Å². The Hall–Kier alpha value is -1.06. The molecule has 1 aromatic carbocycles. The summed E-state index contributed by atoms with van der Waals surface area (Å²) in [7, 11) is 1.79. The fourth-order valence-electron chi connectivity index (χ4n) is 3.46. The Morgan fingerprint density at radius 2 is 1.95 bits per heavy atom. The van der Waals surface area contributed by atoms with E-state index in [1.807, 2.05) is 0 Å². The Morgan fingerprint density at radius 1 is 1.16 bits per heavy atom. The van der Waals surface area contributed by atoms with Crippen molar-refractivity contribution in [3.63, 3.8) is 0 Å². The first-order valence-electron chi connectivity index (χ1n) is 7.50. The number of hydrogen-bond donors (Lipinski definition) is 1. The predicted octanol–water partition coefficient (Wildman–Crippen LogP) is 2.72. The molecule has 1 aromatic rings. The number of methoxy groups -OCH3 is 1. The smallest absolute Gasteiger partial charge is 0.124 e. The van der Waals surface area contributed by atoms with Gasteiger partial charge in [-0.05, 0) is 37.6 Å². The molecular weight excluding hydrogens is 236 g/mol. The third-order valence-corrected chi connectivity index (χ3v) is 4.44. The predicted molar refractivity (Wildman–Crippen MR) is 77.5 cm³/mol. The van der Waals surface area contributed by atoms with E-state index in [1.165, 1.54) is 49.9 Å². The van der Waals surface area contributed by atoms with Gasteiger partial charge in [0, 0.05) is 18.7 Å². The van der Waals surface area contributed by atoms with E-state index in [0.29, 0.717) is 6.04 Å². The van der Waals surface area contributed by atoms with Crippen molar-refractivity contribution in [3.8, 4) is 5.75 Å². The quantitative estimate of drug-likeness (QED) is 0.885. The zero-order chi connectivity index (χ0) is 13.1. The molecule has 0 bridgehead atoms. The number of likely N-dealkylation sites (tertiary alicyclic amines) is 1. The Balaban J connectivity index is 1.92. The maximum Gasteiger partial charge on any atom is 0.124 e. The Kier molecular flexibility index (Phi) is 4.04. The van der Waals surface area contributed by atoms with Gasteiger partial charge in [-0.15, -0.1) is 0 Å². The number of ether oxygens (including phenoxy) is 1. The van der Waals surface area contributed by atoms with E-state index in [2.05, 4.69) is 28.4 Å². The van der Waals surface area contributed by atoms with Crippen LogP contribution in [0.25, 0.3) is 0 Å². The van der Waals surface area contributed by atoms with Gasteiger partial charge in [0.2, 0.25) is 0 Å². The summed E-state index contributed by atoms with van der Waals surface area (Å²) in [4.78, 5) is 2.65. The van der Waals surface area contributed by atoms with Crippen molar-refractivity contribution >= 4 is 0 Å². The van der Waals surface area contributed by atoms with Crippen LogP contribution in [-0.4, -0.2) is 31.6 Å². The Morgan fingerprint density at radius 3 is 2.68 bits per heavy atom. The molecule has 1 fully saturated rings. The van der Waals surface area contributed by atoms with E-state index >= 15 is 0 Å². The highest BCUT2D eigenvalue weighted by Gasteiger charge is 2.28. The fourth-order valence-corrected chi connectivity index (χ4v) is 3.46. The first kappa shape index (κ1) is 12.9. The normalized spacial score (nSPS) is 24.6. The summed E-state index contributed by atoms with van der Waals surface area (Å²) in [5.41, 5.74) is 2.82. The standard InChI is InChI=1S/C16H24N2O/c1-19-15-8-6-7-13-11-17-12-14(16(13)15)18-9-4-2-3-5-10-18/h6-8,14,17H,2-5,9-12H2,1H3/t14-/m1/s1. The van der Waals surface area contributed by atoms with Gasteiger partial charge in [-0.3, -0.25) is 4.90 Å². The van der Waals surface area contributed by atoms with Crippen molar-refractivity contribution in [2.24, 2.45) is 0 Å². The molecular formula is C16H24N2O. The molecule has 3 rings (SSSR count). The number of nitrogens with zero attached hydrogens (tertiary/aromatic N) is 1. The molecule has 3 nitrogen and oxygen atoms in total. The van der Waals surface area contributed by atoms with Gasteiger partial charge >= 0.3 is 0 Å². The number of fused-ring (bicyclic) bond motifs is 1. The van der Waals surface area contributed by atoms with Crippen molar-refractivity contribution in [3.05, 3.63) is 29.3 Å². The van der Waals surface area contributed by atoms with Gasteiger partial charge in [-0.2, -0.15) is 0 Å². The van der Waals surface area contributed by atoms with Gasteiger partial charge in [-0.1, -0.05) is 25.0 Å². The molecule has 0 radical (unpaired) electrons. The van der Waals surface area contributed by atoms with Crippen LogP contribution < -0.4 is 10.1 Å². The van der Waals surface area contributed by atoms with Crippen LogP contribution in [0.4, 0.5) is 0 Å². The number of rotatable bonds is 2. The van der Waals surface area contributed by atoms with Crippen LogP contribution >= 0.6 is 0 Å². The molecule has 2 aliphatic rings. The third kappa shape index (κ3) is 2.63. The van der Waals surface area contributed by atoms with Crippen molar-refractivity contribution in [1.82, 2.24) is 10.2 Å². The monoisotopic (exact) mass is 260 g/mol. The Bertz CT molecular complexity index is 411. The van der Waals surface area contributed by atoms with Gasteiger partial charge in [0.1, 0.15) is 5.75 Å². The molecule has 0 saturated carbocycles. The van der Waals surface area contributed by atoms with Gasteiger partial charge in [-0.25, -0.2) is 0 Å². The highest BCUT2D eigenvalue weighted by atomic mass is 16.5. The van der Waals surface area contributed by atoms with Crippen LogP contribution in [0.2, 0.25) is 0 Å². The van der Waals surface area contributed by atoms with Crippen LogP contribution in [0.5, 0.6) is 5.75 Å². The van der Waals surface area contributed by atoms with Gasteiger partial charge in [0.15, 0.2) is 0 Å². The summed E-state index contributed by atoms with van der Waals surface area (Å²) in [5.74, 6) is 1.06. The van der Waals surface area contributed by atoms with Gasteiger partial charge in [0.05, 0.1) is 13.2 Å². The molecule has 0 unspecified atom stereocenters. The summed E-state index contributed by atoms with van der Waals surface area (Å²) in [5, 5.41) is 3.56.